The molecule has 7 heteroatoms. The van der Waals surface area contributed by atoms with Crippen molar-refractivity contribution in [3.63, 3.8) is 0 Å². The number of aliphatic hydroxyl groups is 1. The molecule has 160 valence electrons. The van der Waals surface area contributed by atoms with Gasteiger partial charge in [0.05, 0.1) is 18.2 Å². The summed E-state index contributed by atoms with van der Waals surface area (Å²) in [6.45, 7) is 1.44. The molecule has 0 radical (unpaired) electrons. The third-order valence-electron chi connectivity index (χ3n) is 6.71. The average molecular weight is 404 g/mol. The van der Waals surface area contributed by atoms with Crippen LogP contribution in [-0.4, -0.2) is 44.5 Å². The summed E-state index contributed by atoms with van der Waals surface area (Å²) >= 11 is 0. The van der Waals surface area contributed by atoms with Crippen LogP contribution < -0.4 is 5.32 Å². The van der Waals surface area contributed by atoms with Crippen LogP contribution in [0.2, 0.25) is 0 Å². The number of nitrogens with one attached hydrogen (secondary N) is 1. The minimum absolute atomic E-state index is 0.0449. The third kappa shape index (κ3) is 5.13. The van der Waals surface area contributed by atoms with Gasteiger partial charge in [0, 0.05) is 32.0 Å². The van der Waals surface area contributed by atoms with Gasteiger partial charge in [0.25, 0.3) is 0 Å². The number of aromatic nitrogens is 2. The highest BCUT2D eigenvalue weighted by atomic mass is 16.3. The van der Waals surface area contributed by atoms with Crippen LogP contribution in [0.4, 0.5) is 0 Å². The first kappa shape index (κ1) is 21.7. The molecule has 0 spiro atoms. The number of carbonyl (C=O) groups is 3. The predicted octanol–water partition coefficient (Wildman–Crippen LogP) is 2.11. The monoisotopic (exact) mass is 403 g/mol. The second-order valence-electron chi connectivity index (χ2n) is 8.96. The Morgan fingerprint density at radius 1 is 1.21 bits per heavy atom. The highest BCUT2D eigenvalue weighted by molar-refractivity contribution is 5.91. The fourth-order valence-corrected chi connectivity index (χ4v) is 4.96. The Labute approximate surface area is 172 Å². The van der Waals surface area contributed by atoms with Crippen LogP contribution in [0.15, 0.2) is 12.3 Å². The Kier molecular flexibility index (Phi) is 6.88. The van der Waals surface area contributed by atoms with E-state index in [-0.39, 0.29) is 36.2 Å². The second-order valence-corrected chi connectivity index (χ2v) is 8.96. The normalized spacial score (nSPS) is 21.1. The van der Waals surface area contributed by atoms with Crippen molar-refractivity contribution in [3.8, 4) is 0 Å². The number of carbonyl (C=O) groups excluding carboxylic acids is 3. The quantitative estimate of drug-likeness (QED) is 0.658. The van der Waals surface area contributed by atoms with Gasteiger partial charge in [-0.1, -0.05) is 25.7 Å². The molecule has 1 aromatic heterocycles. The Morgan fingerprint density at radius 2 is 1.90 bits per heavy atom. The lowest BCUT2D eigenvalue weighted by atomic mass is 9.60. The molecule has 0 aromatic carbocycles. The molecular formula is C22H33N3O4. The van der Waals surface area contributed by atoms with Crippen LogP contribution in [0, 0.1) is 11.3 Å². The average Bonchev–Trinajstić information content (AvgIpc) is 3.07. The van der Waals surface area contributed by atoms with Gasteiger partial charge in [0.2, 0.25) is 5.91 Å². The zero-order valence-electron chi connectivity index (χ0n) is 17.5. The lowest BCUT2D eigenvalue weighted by Gasteiger charge is -2.45. The summed E-state index contributed by atoms with van der Waals surface area (Å²) < 4.78 is 1.62. The zero-order valence-corrected chi connectivity index (χ0v) is 17.5. The van der Waals surface area contributed by atoms with E-state index in [2.05, 4.69) is 10.4 Å². The van der Waals surface area contributed by atoms with Gasteiger partial charge in [-0.3, -0.25) is 19.1 Å². The maximum absolute atomic E-state index is 13.2. The Hall–Kier alpha value is -2.02. The van der Waals surface area contributed by atoms with Crippen molar-refractivity contribution in [2.45, 2.75) is 83.3 Å². The standard InChI is InChI=1S/C22H33N3O4/c1-15(26)23-20(16-7-4-3-5-8-16)19(28)14-22(10-6-11-22)21(29)18(27)13-17-9-12-25(2)24-17/h9,12,16,20-21,29H,3-8,10-11,13-14H2,1-2H3,(H,23,26)/t20-,21?/m0/s1. The number of aliphatic hydroxyl groups excluding tert-OH is 1. The largest absolute Gasteiger partial charge is 0.385 e. The summed E-state index contributed by atoms with van der Waals surface area (Å²) in [6, 6.07) is 1.25. The molecule has 2 N–H and O–H groups in total. The van der Waals surface area contributed by atoms with Crippen LogP contribution in [-0.2, 0) is 27.9 Å². The van der Waals surface area contributed by atoms with Crippen LogP contribution in [0.1, 0.15) is 70.4 Å². The van der Waals surface area contributed by atoms with E-state index in [0.717, 1.165) is 32.1 Å². The molecule has 2 atom stereocenters. The first-order chi connectivity index (χ1) is 13.8. The van der Waals surface area contributed by atoms with Crippen molar-refractivity contribution in [1.29, 1.82) is 0 Å². The Bertz CT molecular complexity index is 747. The minimum atomic E-state index is -1.17. The number of rotatable bonds is 9. The van der Waals surface area contributed by atoms with E-state index in [1.165, 1.54) is 13.3 Å². The molecule has 1 heterocycles. The SMILES string of the molecule is CC(=O)N[C@H](C(=O)CC1(C(O)C(=O)Cc2ccn(C)n2)CCC1)C1CCCCC1. The van der Waals surface area contributed by atoms with Crippen LogP contribution >= 0.6 is 0 Å². The van der Waals surface area contributed by atoms with Gasteiger partial charge in [-0.25, -0.2) is 0 Å². The minimum Gasteiger partial charge on any atom is -0.385 e. The van der Waals surface area contributed by atoms with E-state index in [9.17, 15) is 19.5 Å². The summed E-state index contributed by atoms with van der Waals surface area (Å²) in [4.78, 5) is 37.7. The van der Waals surface area contributed by atoms with Crippen molar-refractivity contribution < 1.29 is 19.5 Å². The number of amides is 1. The number of hydrogen-bond acceptors (Lipinski definition) is 5. The maximum Gasteiger partial charge on any atom is 0.217 e. The molecule has 0 saturated heterocycles. The van der Waals surface area contributed by atoms with Gasteiger partial charge in [-0.05, 0) is 37.7 Å². The zero-order chi connectivity index (χ0) is 21.0. The number of ketones is 2. The Morgan fingerprint density at radius 3 is 2.41 bits per heavy atom. The maximum atomic E-state index is 13.2. The first-order valence-corrected chi connectivity index (χ1v) is 10.8. The van der Waals surface area contributed by atoms with Gasteiger partial charge in [0.1, 0.15) is 6.10 Å². The lowest BCUT2D eigenvalue weighted by molar-refractivity contribution is -0.144. The molecule has 2 saturated carbocycles. The van der Waals surface area contributed by atoms with Crippen molar-refractivity contribution in [2.75, 3.05) is 0 Å². The van der Waals surface area contributed by atoms with E-state index >= 15 is 0 Å². The topological polar surface area (TPSA) is 101 Å². The fourth-order valence-electron chi connectivity index (χ4n) is 4.96. The summed E-state index contributed by atoms with van der Waals surface area (Å²) in [6.07, 6.45) is 8.20. The molecule has 2 fully saturated rings. The third-order valence-corrected chi connectivity index (χ3v) is 6.71. The highest BCUT2D eigenvalue weighted by Crippen LogP contribution is 2.48. The number of Topliss-reactive ketones (excluding diaryl/α,β-unsaturated/α-hetero) is 2. The Balaban J connectivity index is 1.69. The number of nitrogens with zero attached hydrogens (tertiary/aromatic N) is 2. The van der Waals surface area contributed by atoms with Crippen LogP contribution in [0.25, 0.3) is 0 Å². The van der Waals surface area contributed by atoms with E-state index in [4.69, 9.17) is 0 Å². The number of hydrogen-bond donors (Lipinski definition) is 2. The summed E-state index contributed by atoms with van der Waals surface area (Å²) in [5.41, 5.74) is -0.0791. The van der Waals surface area contributed by atoms with Crippen molar-refractivity contribution >= 4 is 17.5 Å². The molecule has 0 bridgehead atoms. The van der Waals surface area contributed by atoms with E-state index in [0.29, 0.717) is 18.5 Å². The van der Waals surface area contributed by atoms with Crippen molar-refractivity contribution in [2.24, 2.45) is 18.4 Å². The summed E-state index contributed by atoms with van der Waals surface area (Å²) in [5, 5.41) is 17.9. The van der Waals surface area contributed by atoms with Gasteiger partial charge in [0.15, 0.2) is 11.6 Å². The van der Waals surface area contributed by atoms with Gasteiger partial charge in [-0.2, -0.15) is 5.10 Å². The smallest absolute Gasteiger partial charge is 0.217 e. The van der Waals surface area contributed by atoms with Crippen molar-refractivity contribution in [3.05, 3.63) is 18.0 Å². The van der Waals surface area contributed by atoms with Gasteiger partial charge in [-0.15, -0.1) is 0 Å². The molecule has 1 amide bonds. The van der Waals surface area contributed by atoms with Crippen LogP contribution in [0.5, 0.6) is 0 Å². The molecule has 7 nitrogen and oxygen atoms in total. The second kappa shape index (κ2) is 9.20. The van der Waals surface area contributed by atoms with Gasteiger partial charge >= 0.3 is 0 Å². The van der Waals surface area contributed by atoms with Crippen LogP contribution in [0.3, 0.4) is 0 Å². The molecule has 2 aliphatic carbocycles. The molecule has 2 aliphatic rings. The molecule has 1 aromatic rings. The van der Waals surface area contributed by atoms with E-state index in [1.54, 1.807) is 24.0 Å². The van der Waals surface area contributed by atoms with Crippen molar-refractivity contribution in [1.82, 2.24) is 15.1 Å². The fraction of sp³-hybridized carbons (Fsp3) is 0.727. The van der Waals surface area contributed by atoms with Gasteiger partial charge < -0.3 is 10.4 Å². The van der Waals surface area contributed by atoms with E-state index < -0.39 is 17.6 Å². The molecule has 0 aliphatic heterocycles. The van der Waals surface area contributed by atoms with E-state index in [1.807, 2.05) is 0 Å². The molecular weight excluding hydrogens is 370 g/mol. The first-order valence-electron chi connectivity index (χ1n) is 10.8. The lowest BCUT2D eigenvalue weighted by Crippen LogP contribution is -2.52. The molecule has 1 unspecified atom stereocenters. The summed E-state index contributed by atoms with van der Waals surface area (Å²) in [7, 11) is 1.78. The molecule has 3 rings (SSSR count). The summed E-state index contributed by atoms with van der Waals surface area (Å²) in [5.74, 6) is -0.386. The highest BCUT2D eigenvalue weighted by Gasteiger charge is 2.49. The molecule has 29 heavy (non-hydrogen) atoms. The predicted molar refractivity (Wildman–Crippen MR) is 108 cm³/mol. The number of aryl methyl sites for hydroxylation is 1.